The van der Waals surface area contributed by atoms with E-state index in [4.69, 9.17) is 14.3 Å². The molecule has 1 aromatic heterocycles. The van der Waals surface area contributed by atoms with Crippen molar-refractivity contribution in [3.8, 4) is 5.75 Å². The van der Waals surface area contributed by atoms with E-state index in [0.29, 0.717) is 22.4 Å². The lowest BCUT2D eigenvalue weighted by Gasteiger charge is -2.08. The minimum Gasteiger partial charge on any atom is -0.489 e. The van der Waals surface area contributed by atoms with Crippen LogP contribution in [0.5, 0.6) is 5.75 Å². The molecule has 100 valence electrons. The molecule has 1 heterocycles. The van der Waals surface area contributed by atoms with Crippen LogP contribution in [-0.4, -0.2) is 16.1 Å². The molecular weight excluding hydrogens is 258 g/mol. The first-order valence-electron chi connectivity index (χ1n) is 6.01. The molecule has 0 aliphatic rings. The molecular formula is C15H11NO4. The van der Waals surface area contributed by atoms with Gasteiger partial charge in [-0.1, -0.05) is 18.2 Å². The van der Waals surface area contributed by atoms with E-state index in [1.54, 1.807) is 42.5 Å². The highest BCUT2D eigenvalue weighted by Crippen LogP contribution is 2.21. The van der Waals surface area contributed by atoms with Crippen LogP contribution in [0.15, 0.2) is 53.3 Å². The highest BCUT2D eigenvalue weighted by atomic mass is 16.5. The standard InChI is InChI=1S/C15H11NO4/c17-15(18)12-4-2-1-3-10(12)8-19-11-5-6-14-13(7-11)16-9-20-14/h1-7,9H,8H2,(H,17,18). The van der Waals surface area contributed by atoms with Crippen molar-refractivity contribution in [2.24, 2.45) is 0 Å². The fourth-order valence-corrected chi connectivity index (χ4v) is 1.94. The van der Waals surface area contributed by atoms with E-state index in [1.807, 2.05) is 0 Å². The minimum atomic E-state index is -0.962. The number of benzene rings is 2. The number of aromatic nitrogens is 1. The molecule has 1 N–H and O–H groups in total. The Balaban J connectivity index is 1.80. The Labute approximate surface area is 114 Å². The summed E-state index contributed by atoms with van der Waals surface area (Å²) in [5.74, 6) is -0.345. The van der Waals surface area contributed by atoms with Crippen LogP contribution in [0, 0.1) is 0 Å². The van der Waals surface area contributed by atoms with Crippen molar-refractivity contribution in [3.63, 3.8) is 0 Å². The first-order valence-corrected chi connectivity index (χ1v) is 6.01. The SMILES string of the molecule is O=C(O)c1ccccc1COc1ccc2ocnc2c1. The lowest BCUT2D eigenvalue weighted by atomic mass is 10.1. The maximum Gasteiger partial charge on any atom is 0.336 e. The molecule has 5 nitrogen and oxygen atoms in total. The lowest BCUT2D eigenvalue weighted by Crippen LogP contribution is -2.05. The number of carboxylic acid groups (broad SMARTS) is 1. The second-order valence-electron chi connectivity index (χ2n) is 4.23. The Bertz CT molecular complexity index is 763. The fourth-order valence-electron chi connectivity index (χ4n) is 1.94. The van der Waals surface area contributed by atoms with Gasteiger partial charge in [0.1, 0.15) is 17.9 Å². The van der Waals surface area contributed by atoms with Crippen molar-refractivity contribution >= 4 is 17.1 Å². The Morgan fingerprint density at radius 2 is 2.10 bits per heavy atom. The van der Waals surface area contributed by atoms with Gasteiger partial charge < -0.3 is 14.3 Å². The second kappa shape index (κ2) is 5.05. The van der Waals surface area contributed by atoms with Gasteiger partial charge in [-0.3, -0.25) is 0 Å². The van der Waals surface area contributed by atoms with Crippen LogP contribution >= 0.6 is 0 Å². The molecule has 3 aromatic rings. The number of carbonyl (C=O) groups is 1. The van der Waals surface area contributed by atoms with Crippen LogP contribution in [0.3, 0.4) is 0 Å². The summed E-state index contributed by atoms with van der Waals surface area (Å²) in [5, 5.41) is 9.10. The molecule has 0 spiro atoms. The Morgan fingerprint density at radius 3 is 2.95 bits per heavy atom. The third-order valence-electron chi connectivity index (χ3n) is 2.94. The summed E-state index contributed by atoms with van der Waals surface area (Å²) in [6.07, 6.45) is 1.37. The molecule has 20 heavy (non-hydrogen) atoms. The number of aromatic carboxylic acids is 1. The monoisotopic (exact) mass is 269 g/mol. The van der Waals surface area contributed by atoms with Gasteiger partial charge >= 0.3 is 5.97 Å². The molecule has 0 aliphatic carbocycles. The Morgan fingerprint density at radius 1 is 1.25 bits per heavy atom. The predicted molar refractivity (Wildman–Crippen MR) is 71.7 cm³/mol. The molecule has 5 heteroatoms. The number of hydrogen-bond acceptors (Lipinski definition) is 4. The van der Waals surface area contributed by atoms with E-state index in [2.05, 4.69) is 4.98 Å². The summed E-state index contributed by atoms with van der Waals surface area (Å²) in [6.45, 7) is 0.186. The summed E-state index contributed by atoms with van der Waals surface area (Å²) < 4.78 is 10.8. The summed E-state index contributed by atoms with van der Waals surface area (Å²) >= 11 is 0. The number of rotatable bonds is 4. The number of hydrogen-bond donors (Lipinski definition) is 1. The predicted octanol–water partition coefficient (Wildman–Crippen LogP) is 3.11. The van der Waals surface area contributed by atoms with Crippen LogP contribution in [0.25, 0.3) is 11.1 Å². The average molecular weight is 269 g/mol. The zero-order valence-corrected chi connectivity index (χ0v) is 10.4. The van der Waals surface area contributed by atoms with Gasteiger partial charge in [0.2, 0.25) is 0 Å². The van der Waals surface area contributed by atoms with Gasteiger partial charge in [-0.2, -0.15) is 0 Å². The Hall–Kier alpha value is -2.82. The van der Waals surface area contributed by atoms with Crippen LogP contribution in [0.2, 0.25) is 0 Å². The van der Waals surface area contributed by atoms with Crippen LogP contribution in [0.4, 0.5) is 0 Å². The van der Waals surface area contributed by atoms with Gasteiger partial charge in [0.15, 0.2) is 12.0 Å². The third-order valence-corrected chi connectivity index (χ3v) is 2.94. The van der Waals surface area contributed by atoms with Crippen molar-refractivity contribution in [1.82, 2.24) is 4.98 Å². The van der Waals surface area contributed by atoms with Gasteiger partial charge in [-0.05, 0) is 18.2 Å². The third kappa shape index (κ3) is 2.33. The van der Waals surface area contributed by atoms with Gasteiger partial charge in [-0.25, -0.2) is 9.78 Å². The van der Waals surface area contributed by atoms with Gasteiger partial charge in [-0.15, -0.1) is 0 Å². The zero-order chi connectivity index (χ0) is 13.9. The lowest BCUT2D eigenvalue weighted by molar-refractivity contribution is 0.0694. The average Bonchev–Trinajstić information content (AvgIpc) is 2.92. The molecule has 0 fully saturated rings. The summed E-state index contributed by atoms with van der Waals surface area (Å²) in [5.41, 5.74) is 2.26. The highest BCUT2D eigenvalue weighted by molar-refractivity contribution is 5.89. The van der Waals surface area contributed by atoms with Crippen LogP contribution in [-0.2, 0) is 6.61 Å². The molecule has 0 radical (unpaired) electrons. The van der Waals surface area contributed by atoms with Crippen molar-refractivity contribution in [3.05, 3.63) is 60.0 Å². The van der Waals surface area contributed by atoms with Crippen molar-refractivity contribution in [2.45, 2.75) is 6.61 Å². The molecule has 0 unspecified atom stereocenters. The molecule has 2 aromatic carbocycles. The van der Waals surface area contributed by atoms with E-state index < -0.39 is 5.97 Å². The first kappa shape index (κ1) is 12.2. The smallest absolute Gasteiger partial charge is 0.336 e. The van der Waals surface area contributed by atoms with Crippen molar-refractivity contribution in [1.29, 1.82) is 0 Å². The quantitative estimate of drug-likeness (QED) is 0.787. The number of nitrogens with zero attached hydrogens (tertiary/aromatic N) is 1. The number of carboxylic acids is 1. The van der Waals surface area contributed by atoms with Gasteiger partial charge in [0, 0.05) is 11.6 Å². The molecule has 0 saturated heterocycles. The minimum absolute atomic E-state index is 0.186. The zero-order valence-electron chi connectivity index (χ0n) is 10.4. The topological polar surface area (TPSA) is 72.6 Å². The summed E-state index contributed by atoms with van der Waals surface area (Å²) in [7, 11) is 0. The van der Waals surface area contributed by atoms with E-state index in [0.717, 1.165) is 0 Å². The van der Waals surface area contributed by atoms with Crippen LogP contribution in [0.1, 0.15) is 15.9 Å². The maximum absolute atomic E-state index is 11.1. The van der Waals surface area contributed by atoms with E-state index in [-0.39, 0.29) is 12.2 Å². The van der Waals surface area contributed by atoms with Crippen molar-refractivity contribution in [2.75, 3.05) is 0 Å². The molecule has 0 bridgehead atoms. The molecule has 0 aliphatic heterocycles. The molecule has 0 amide bonds. The largest absolute Gasteiger partial charge is 0.489 e. The summed E-state index contributed by atoms with van der Waals surface area (Å²) in [4.78, 5) is 15.1. The summed E-state index contributed by atoms with van der Waals surface area (Å²) in [6, 6.07) is 12.0. The normalized spacial score (nSPS) is 10.6. The number of oxazole rings is 1. The van der Waals surface area contributed by atoms with E-state index in [1.165, 1.54) is 6.39 Å². The highest BCUT2D eigenvalue weighted by Gasteiger charge is 2.09. The molecule has 3 rings (SSSR count). The molecule has 0 saturated carbocycles. The molecule has 0 atom stereocenters. The number of fused-ring (bicyclic) bond motifs is 1. The van der Waals surface area contributed by atoms with E-state index >= 15 is 0 Å². The second-order valence-corrected chi connectivity index (χ2v) is 4.23. The van der Waals surface area contributed by atoms with E-state index in [9.17, 15) is 4.79 Å². The number of ether oxygens (including phenoxy) is 1. The first-order chi connectivity index (χ1) is 9.74. The maximum atomic E-state index is 11.1. The Kier molecular flexibility index (Phi) is 3.09. The van der Waals surface area contributed by atoms with Gasteiger partial charge in [0.25, 0.3) is 0 Å². The van der Waals surface area contributed by atoms with Crippen molar-refractivity contribution < 1.29 is 19.1 Å². The van der Waals surface area contributed by atoms with Gasteiger partial charge in [0.05, 0.1) is 5.56 Å². The fraction of sp³-hybridized carbons (Fsp3) is 0.0667. The van der Waals surface area contributed by atoms with Crippen LogP contribution < -0.4 is 4.74 Å².